The number of carbonyl (C=O) groups is 1. The Morgan fingerprint density at radius 1 is 1.33 bits per heavy atom. The fraction of sp³-hybridized carbons (Fsp3) is 0.667. The molecule has 0 radical (unpaired) electrons. The maximum atomic E-state index is 11.7. The van der Waals surface area contributed by atoms with E-state index in [9.17, 15) is 9.90 Å². The van der Waals surface area contributed by atoms with E-state index in [0.29, 0.717) is 18.9 Å². The minimum atomic E-state index is -0.738. The van der Waals surface area contributed by atoms with E-state index < -0.39 is 11.5 Å². The van der Waals surface area contributed by atoms with Gasteiger partial charge in [-0.3, -0.25) is 10.1 Å². The van der Waals surface area contributed by atoms with E-state index >= 15 is 0 Å². The van der Waals surface area contributed by atoms with Gasteiger partial charge in [-0.2, -0.15) is 0 Å². The van der Waals surface area contributed by atoms with Gasteiger partial charge in [-0.15, -0.1) is 0 Å². The zero-order chi connectivity index (χ0) is 15.0. The van der Waals surface area contributed by atoms with Crippen LogP contribution in [0.2, 0.25) is 0 Å². The topological polar surface area (TPSA) is 75.1 Å². The number of rotatable bonds is 5. The lowest BCUT2D eigenvalue weighted by atomic mass is 9.98. The highest BCUT2D eigenvalue weighted by Gasteiger charge is 2.48. The Kier molecular flexibility index (Phi) is 3.92. The van der Waals surface area contributed by atoms with Gasteiger partial charge in [0.25, 0.3) is 0 Å². The summed E-state index contributed by atoms with van der Waals surface area (Å²) in [7, 11) is 0. The lowest BCUT2D eigenvalue weighted by Crippen LogP contribution is -2.51. The number of nitrogens with zero attached hydrogens (tertiary/aromatic N) is 2. The van der Waals surface area contributed by atoms with Crippen molar-refractivity contribution in [2.45, 2.75) is 67.9 Å². The molecule has 21 heavy (non-hydrogen) atoms. The number of carboxylic acids is 1. The van der Waals surface area contributed by atoms with Gasteiger partial charge in [-0.1, -0.05) is 11.8 Å². The molecule has 2 atom stereocenters. The van der Waals surface area contributed by atoms with E-state index in [4.69, 9.17) is 0 Å². The highest BCUT2D eigenvalue weighted by Crippen LogP contribution is 2.41. The number of carboxylic acid groups (broad SMARTS) is 1. The average Bonchev–Trinajstić information content (AvgIpc) is 3.08. The van der Waals surface area contributed by atoms with Gasteiger partial charge < -0.3 is 5.11 Å². The third-order valence-corrected chi connectivity index (χ3v) is 5.30. The van der Waals surface area contributed by atoms with Crippen LogP contribution in [0.5, 0.6) is 0 Å². The molecule has 2 unspecified atom stereocenters. The molecule has 0 aliphatic heterocycles. The molecule has 1 heterocycles. The molecular weight excluding hydrogens is 286 g/mol. The summed E-state index contributed by atoms with van der Waals surface area (Å²) >= 11 is 1.62. The fourth-order valence-electron chi connectivity index (χ4n) is 3.00. The molecule has 2 fully saturated rings. The van der Waals surface area contributed by atoms with E-state index in [1.54, 1.807) is 11.8 Å². The lowest BCUT2D eigenvalue weighted by Gasteiger charge is -2.26. The van der Waals surface area contributed by atoms with Crippen LogP contribution in [0.15, 0.2) is 11.2 Å². The van der Waals surface area contributed by atoms with Crippen molar-refractivity contribution in [1.82, 2.24) is 15.3 Å². The maximum Gasteiger partial charge on any atom is 0.323 e. The van der Waals surface area contributed by atoms with Crippen LogP contribution < -0.4 is 5.32 Å². The van der Waals surface area contributed by atoms with Crippen LogP contribution >= 0.6 is 11.8 Å². The first-order chi connectivity index (χ1) is 9.97. The molecule has 2 aliphatic rings. The molecule has 2 N–H and O–H groups in total. The summed E-state index contributed by atoms with van der Waals surface area (Å²) in [5.74, 6) is -0.709. The smallest absolute Gasteiger partial charge is 0.323 e. The van der Waals surface area contributed by atoms with Crippen LogP contribution in [0, 0.1) is 13.8 Å². The van der Waals surface area contributed by atoms with Crippen LogP contribution in [0.1, 0.15) is 43.5 Å². The summed E-state index contributed by atoms with van der Waals surface area (Å²) in [5, 5.41) is 14.0. The number of aryl methyl sites for hydroxylation is 2. The van der Waals surface area contributed by atoms with Gasteiger partial charge in [-0.05, 0) is 52.0 Å². The Morgan fingerprint density at radius 3 is 2.57 bits per heavy atom. The average molecular weight is 307 g/mol. The van der Waals surface area contributed by atoms with E-state index in [-0.39, 0.29) is 5.25 Å². The van der Waals surface area contributed by atoms with Crippen molar-refractivity contribution in [3.05, 3.63) is 17.5 Å². The second-order valence-corrected chi connectivity index (χ2v) is 7.49. The number of nitrogens with one attached hydrogen (secondary N) is 1. The highest BCUT2D eigenvalue weighted by molar-refractivity contribution is 7.99. The minimum absolute atomic E-state index is 0.272. The molecule has 0 amide bonds. The molecule has 0 aromatic carbocycles. The number of aromatic nitrogens is 2. The first kappa shape index (κ1) is 14.8. The number of hydrogen-bond acceptors (Lipinski definition) is 5. The first-order valence-electron chi connectivity index (χ1n) is 7.47. The van der Waals surface area contributed by atoms with Crippen molar-refractivity contribution >= 4 is 17.7 Å². The summed E-state index contributed by atoms with van der Waals surface area (Å²) in [6.45, 7) is 3.92. The van der Waals surface area contributed by atoms with E-state index in [2.05, 4.69) is 15.3 Å². The predicted molar refractivity (Wildman–Crippen MR) is 81.5 cm³/mol. The Labute approximate surface area is 129 Å². The fourth-order valence-corrected chi connectivity index (χ4v) is 4.30. The number of thioether (sulfide) groups is 1. The standard InChI is InChI=1S/C15H21N3O2S/c1-9-7-10(2)17-14(16-9)21-12-5-6-15(8-12,13(19)20)18-11-3-4-11/h7,11-12,18H,3-6,8H2,1-2H3,(H,19,20). The molecule has 0 saturated heterocycles. The molecule has 2 aliphatic carbocycles. The Morgan fingerprint density at radius 2 is 2.00 bits per heavy atom. The van der Waals surface area contributed by atoms with Crippen LogP contribution in [0.4, 0.5) is 0 Å². The summed E-state index contributed by atoms with van der Waals surface area (Å²) in [6, 6.07) is 2.36. The molecule has 0 bridgehead atoms. The second kappa shape index (κ2) is 5.57. The summed E-state index contributed by atoms with van der Waals surface area (Å²) in [5.41, 5.74) is 1.18. The summed E-state index contributed by atoms with van der Waals surface area (Å²) in [6.07, 6.45) is 4.45. The first-order valence-corrected chi connectivity index (χ1v) is 8.35. The van der Waals surface area contributed by atoms with Crippen LogP contribution in [0.3, 0.4) is 0 Å². The van der Waals surface area contributed by atoms with Crippen LogP contribution in [-0.2, 0) is 4.79 Å². The van der Waals surface area contributed by atoms with Crippen molar-refractivity contribution < 1.29 is 9.90 Å². The van der Waals surface area contributed by atoms with Gasteiger partial charge in [0.15, 0.2) is 5.16 Å². The highest BCUT2D eigenvalue weighted by atomic mass is 32.2. The second-order valence-electron chi connectivity index (χ2n) is 6.22. The van der Waals surface area contributed by atoms with Gasteiger partial charge in [-0.25, -0.2) is 9.97 Å². The molecule has 1 aromatic rings. The van der Waals surface area contributed by atoms with E-state index in [1.807, 2.05) is 19.9 Å². The summed E-state index contributed by atoms with van der Waals surface area (Å²) < 4.78 is 0. The Bertz CT molecular complexity index is 542. The van der Waals surface area contributed by atoms with Crippen LogP contribution in [0.25, 0.3) is 0 Å². The molecule has 3 rings (SSSR count). The zero-order valence-corrected chi connectivity index (χ0v) is 13.2. The SMILES string of the molecule is Cc1cc(C)nc(SC2CCC(NC3CC3)(C(=O)O)C2)n1. The van der Waals surface area contributed by atoms with Gasteiger partial charge in [0.05, 0.1) is 0 Å². The Hall–Kier alpha value is -1.14. The predicted octanol–water partition coefficient (Wildman–Crippen LogP) is 2.31. The Balaban J connectivity index is 1.69. The van der Waals surface area contributed by atoms with Gasteiger partial charge >= 0.3 is 5.97 Å². The van der Waals surface area contributed by atoms with E-state index in [0.717, 1.165) is 35.8 Å². The van der Waals surface area contributed by atoms with Crippen molar-refractivity contribution in [1.29, 1.82) is 0 Å². The molecule has 5 nitrogen and oxygen atoms in total. The van der Waals surface area contributed by atoms with Crippen LogP contribution in [-0.4, -0.2) is 37.9 Å². The molecule has 6 heteroatoms. The van der Waals surface area contributed by atoms with Crippen molar-refractivity contribution in [2.24, 2.45) is 0 Å². The molecule has 2 saturated carbocycles. The third kappa shape index (κ3) is 3.37. The quantitative estimate of drug-likeness (QED) is 0.813. The number of aliphatic carboxylic acids is 1. The molecule has 0 spiro atoms. The molecule has 1 aromatic heterocycles. The minimum Gasteiger partial charge on any atom is -0.480 e. The third-order valence-electron chi connectivity index (χ3n) is 4.17. The van der Waals surface area contributed by atoms with Gasteiger partial charge in [0.1, 0.15) is 5.54 Å². The van der Waals surface area contributed by atoms with E-state index in [1.165, 1.54) is 0 Å². The normalized spacial score (nSPS) is 28.8. The summed E-state index contributed by atoms with van der Waals surface area (Å²) in [4.78, 5) is 20.6. The van der Waals surface area contributed by atoms with Gasteiger partial charge in [0, 0.05) is 22.7 Å². The largest absolute Gasteiger partial charge is 0.480 e. The lowest BCUT2D eigenvalue weighted by molar-refractivity contribution is -0.144. The van der Waals surface area contributed by atoms with Crippen molar-refractivity contribution in [3.8, 4) is 0 Å². The van der Waals surface area contributed by atoms with Crippen molar-refractivity contribution in [2.75, 3.05) is 0 Å². The van der Waals surface area contributed by atoms with Crippen molar-refractivity contribution in [3.63, 3.8) is 0 Å². The monoisotopic (exact) mass is 307 g/mol. The maximum absolute atomic E-state index is 11.7. The molecular formula is C15H21N3O2S. The molecule has 114 valence electrons. The van der Waals surface area contributed by atoms with Gasteiger partial charge in [0.2, 0.25) is 0 Å². The zero-order valence-electron chi connectivity index (χ0n) is 12.4. The number of hydrogen-bond donors (Lipinski definition) is 2.